The van der Waals surface area contributed by atoms with Crippen molar-refractivity contribution in [3.63, 3.8) is 0 Å². The Morgan fingerprint density at radius 1 is 0.315 bits per heavy atom. The molecule has 0 saturated carbocycles. The topological polar surface area (TPSA) is 621 Å². The monoisotopic (exact) mass is 1880 g/mol. The van der Waals surface area contributed by atoms with E-state index in [1.54, 1.807) is 6.08 Å². The summed E-state index contributed by atoms with van der Waals surface area (Å²) in [5.74, 6) is -2.08. The van der Waals surface area contributed by atoms with E-state index in [1.807, 2.05) is 6.08 Å². The second-order valence-corrected chi connectivity index (χ2v) is 36.3. The lowest BCUT2D eigenvalue weighted by molar-refractivity contribution is -0.407. The molecule has 40 nitrogen and oxygen atoms in total. The molecule has 7 aliphatic rings. The van der Waals surface area contributed by atoms with Crippen molar-refractivity contribution in [2.75, 3.05) is 46.2 Å². The molecule has 7 fully saturated rings. The average Bonchev–Trinajstić information content (AvgIpc) is 0.747. The van der Waals surface area contributed by atoms with Crippen molar-refractivity contribution in [2.24, 2.45) is 0 Å². The van der Waals surface area contributed by atoms with Crippen molar-refractivity contribution >= 4 is 17.7 Å². The van der Waals surface area contributed by atoms with E-state index < -0.39 is 285 Å². The molecule has 760 valence electrons. The van der Waals surface area contributed by atoms with Crippen LogP contribution in [0, 0.1) is 0 Å². The van der Waals surface area contributed by atoms with Gasteiger partial charge in [-0.1, -0.05) is 231 Å². The summed E-state index contributed by atoms with van der Waals surface area (Å²) in [6.07, 6.45) is -21.8. The Bertz CT molecular complexity index is 3060. The van der Waals surface area contributed by atoms with Crippen molar-refractivity contribution < 1.29 is 183 Å². The summed E-state index contributed by atoms with van der Waals surface area (Å²) < 4.78 is 84.6. The van der Waals surface area contributed by atoms with E-state index in [0.717, 1.165) is 65.2 Å². The van der Waals surface area contributed by atoms with Gasteiger partial charge in [0.2, 0.25) is 17.7 Å². The maximum absolute atomic E-state index is 13.7. The number of ether oxygens (including phenoxy) is 14. The van der Waals surface area contributed by atoms with Gasteiger partial charge in [-0.25, -0.2) is 0 Å². The minimum atomic E-state index is -2.33. The lowest BCUT2D eigenvalue weighted by Gasteiger charge is -2.52. The van der Waals surface area contributed by atoms with Crippen LogP contribution in [0.5, 0.6) is 0 Å². The number of nitrogens with one attached hydrogen (secondary N) is 3. The summed E-state index contributed by atoms with van der Waals surface area (Å²) in [7, 11) is 0. The molecule has 0 aromatic rings. The fraction of sp³-hybridized carbons (Fsp3) is 0.944. The molecule has 0 aromatic heterocycles. The molecule has 0 aromatic carbocycles. The summed E-state index contributed by atoms with van der Waals surface area (Å²) >= 11 is 0. The van der Waals surface area contributed by atoms with Crippen LogP contribution in [0.15, 0.2) is 12.2 Å². The first-order valence-corrected chi connectivity index (χ1v) is 48.3. The molecule has 7 heterocycles. The third-order valence-corrected chi connectivity index (χ3v) is 25.8. The summed E-state index contributed by atoms with van der Waals surface area (Å²) in [5.41, 5.74) is 0. The lowest BCUT2D eigenvalue weighted by atomic mass is 9.93. The highest BCUT2D eigenvalue weighted by atomic mass is 16.8. The largest absolute Gasteiger partial charge is 0.394 e. The SMILES string of the molecule is CCCCCCCCCCCCC/C=C/[C@@H](O)[C@H](CO[C@@H]1OC(CO)[C@@H](O[C@@H]2OC(CO)[C@H](O[C@@H]3OC(CO)[C@H](O)[C@H](O[C@@H]4OC(CO)[C@H](O)[C@H](O[C@H]5OC(CO)[C@H](O)[C@H](O[C@@H]6OC(CO)[C@H](O)[C@H](O)C6NC(C)=O)C5O)C4O[C@H]4OC(C)[C@@H](O)C(O)[C@@H]4O)C3NC(C)=O)[C@H](O)C2O)[C@H](O)C1O)NC(=O)CCCCCCCCCCCCCCCCCCCCCCCCC. The van der Waals surface area contributed by atoms with Crippen molar-refractivity contribution in [1.82, 2.24) is 16.0 Å². The molecule has 7 aliphatic heterocycles. The first kappa shape index (κ1) is 114. The van der Waals surface area contributed by atoms with Gasteiger partial charge in [-0.3, -0.25) is 14.4 Å². The normalized spacial score (nSPS) is 37.3. The van der Waals surface area contributed by atoms with Crippen LogP contribution in [0.2, 0.25) is 0 Å². The number of hydrogen-bond donors (Lipinski definition) is 23. The average molecular weight is 1880 g/mol. The van der Waals surface area contributed by atoms with Crippen LogP contribution in [0.3, 0.4) is 0 Å². The summed E-state index contributed by atoms with van der Waals surface area (Å²) in [6.45, 7) is 0.937. The van der Waals surface area contributed by atoms with E-state index >= 15 is 0 Å². The van der Waals surface area contributed by atoms with Gasteiger partial charge in [-0.2, -0.15) is 0 Å². The number of hydrogen-bond acceptors (Lipinski definition) is 37. The minimum absolute atomic E-state index is 0.164. The van der Waals surface area contributed by atoms with Gasteiger partial charge < -0.3 is 184 Å². The lowest BCUT2D eigenvalue weighted by Crippen LogP contribution is -2.71. The Hall–Kier alpha value is -3.21. The molecule has 23 N–H and O–H groups in total. The third kappa shape index (κ3) is 35.0. The van der Waals surface area contributed by atoms with Crippen LogP contribution in [0.1, 0.15) is 266 Å². The summed E-state index contributed by atoms with van der Waals surface area (Å²) in [6, 6.07) is -4.70. The predicted octanol–water partition coefficient (Wildman–Crippen LogP) is -0.451. The molecular formula is C90H163N3O37. The van der Waals surface area contributed by atoms with Gasteiger partial charge in [0.1, 0.15) is 165 Å². The van der Waals surface area contributed by atoms with Gasteiger partial charge in [0.15, 0.2) is 44.0 Å². The molecule has 0 radical (unpaired) electrons. The summed E-state index contributed by atoms with van der Waals surface area (Å²) in [4.78, 5) is 39.4. The van der Waals surface area contributed by atoms with Crippen molar-refractivity contribution in [3.05, 3.63) is 12.2 Å². The van der Waals surface area contributed by atoms with Crippen molar-refractivity contribution in [3.8, 4) is 0 Å². The van der Waals surface area contributed by atoms with Crippen LogP contribution in [0.4, 0.5) is 0 Å². The number of amides is 3. The second-order valence-electron chi connectivity index (χ2n) is 36.3. The zero-order valence-electron chi connectivity index (χ0n) is 76.8. The third-order valence-electron chi connectivity index (χ3n) is 25.8. The Kier molecular flexibility index (Phi) is 53.6. The molecule has 40 heteroatoms. The first-order valence-electron chi connectivity index (χ1n) is 48.3. The van der Waals surface area contributed by atoms with E-state index in [4.69, 9.17) is 66.3 Å². The molecule has 7 saturated heterocycles. The molecule has 14 unspecified atom stereocenters. The van der Waals surface area contributed by atoms with Crippen molar-refractivity contribution in [2.45, 2.75) is 493 Å². The number of aliphatic hydroxyl groups excluding tert-OH is 20. The van der Waals surface area contributed by atoms with Crippen LogP contribution in [-0.4, -0.2) is 393 Å². The number of allylic oxidation sites excluding steroid dienone is 1. The fourth-order valence-electron chi connectivity index (χ4n) is 17.9. The summed E-state index contributed by atoms with van der Waals surface area (Å²) in [5, 5.41) is 234. The van der Waals surface area contributed by atoms with Crippen molar-refractivity contribution in [1.29, 1.82) is 0 Å². The van der Waals surface area contributed by atoms with Crippen LogP contribution in [0.25, 0.3) is 0 Å². The van der Waals surface area contributed by atoms with E-state index in [0.29, 0.717) is 12.8 Å². The maximum atomic E-state index is 13.7. The Labute approximate surface area is 764 Å². The number of carbonyl (C=O) groups excluding carboxylic acids is 3. The fourth-order valence-corrected chi connectivity index (χ4v) is 17.9. The highest BCUT2D eigenvalue weighted by Gasteiger charge is 2.60. The quantitative estimate of drug-likeness (QED) is 0.0271. The van der Waals surface area contributed by atoms with Crippen LogP contribution < -0.4 is 16.0 Å². The first-order chi connectivity index (χ1) is 62.5. The minimum Gasteiger partial charge on any atom is -0.394 e. The zero-order chi connectivity index (χ0) is 94.9. The highest BCUT2D eigenvalue weighted by Crippen LogP contribution is 2.40. The Balaban J connectivity index is 0.999. The standard InChI is InChI=1S/C90H163N3O37/c1-6-8-10-12-14-16-18-20-21-22-23-24-25-26-27-28-29-31-33-35-37-39-41-43-62(103)93-54(55(102)42-40-38-36-34-32-30-19-17-15-13-11-9-7-2)50-117-86-75(114)72(111)79(60(48-98)123-86)126-88-76(115)73(112)78(61(49-99)124-88)125-85-64(92-53(5)101)80(67(106)57(45-95)120-85)127-90-83(130-87-74(113)71(110)65(104)51(3)118-87)82(69(108)59(47-97)122-90)129-89-77(116)81(68(107)58(46-96)121-89)128-84-63(91-52(4)100)70(109)66(105)56(44-94)119-84/h40,42,51,54-61,63-90,94-99,102,104-116H,6-39,41,43-50H2,1-5H3,(H,91,100)(H,92,101)(H,93,103)/b42-40+/t51?,54-,55+,56?,57?,58?,59?,60?,61?,63?,64?,65+,66-,67-,68-,69-,70+,71?,72+,73+,74-,75?,76?,77?,78-,79+,80+,81-,82-,83?,84-,85-,86+,87+,88-,89+,90-/m0/s1. The van der Waals surface area contributed by atoms with Gasteiger partial charge in [-0.15, -0.1) is 0 Å². The van der Waals surface area contributed by atoms with E-state index in [-0.39, 0.29) is 12.3 Å². The molecule has 3 amide bonds. The van der Waals surface area contributed by atoms with Crippen LogP contribution >= 0.6 is 0 Å². The Morgan fingerprint density at radius 2 is 0.646 bits per heavy atom. The molecule has 7 rings (SSSR count). The smallest absolute Gasteiger partial charge is 0.220 e. The van der Waals surface area contributed by atoms with Gasteiger partial charge in [0.05, 0.1) is 64.5 Å². The molecule has 0 bridgehead atoms. The van der Waals surface area contributed by atoms with Gasteiger partial charge in [0, 0.05) is 20.3 Å². The second kappa shape index (κ2) is 61.3. The molecule has 0 aliphatic carbocycles. The molecule has 37 atom stereocenters. The number of rotatable bonds is 62. The molecular weight excluding hydrogens is 1710 g/mol. The predicted molar refractivity (Wildman–Crippen MR) is 462 cm³/mol. The van der Waals surface area contributed by atoms with Gasteiger partial charge in [-0.05, 0) is 26.2 Å². The number of aliphatic hydroxyl groups is 20. The van der Waals surface area contributed by atoms with Gasteiger partial charge >= 0.3 is 0 Å². The van der Waals surface area contributed by atoms with Crippen LogP contribution in [-0.2, 0) is 80.7 Å². The maximum Gasteiger partial charge on any atom is 0.220 e. The highest BCUT2D eigenvalue weighted by molar-refractivity contribution is 5.76. The number of unbranched alkanes of at least 4 members (excludes halogenated alkanes) is 33. The van der Waals surface area contributed by atoms with E-state index in [2.05, 4.69) is 29.8 Å². The Morgan fingerprint density at radius 3 is 1.12 bits per heavy atom. The zero-order valence-corrected chi connectivity index (χ0v) is 76.8. The number of carbonyl (C=O) groups is 3. The van der Waals surface area contributed by atoms with E-state index in [1.165, 1.54) is 167 Å². The molecule has 0 spiro atoms. The van der Waals surface area contributed by atoms with E-state index in [9.17, 15) is 117 Å². The molecule has 130 heavy (non-hydrogen) atoms. The van der Waals surface area contributed by atoms with Gasteiger partial charge in [0.25, 0.3) is 0 Å².